The molecule has 1 aliphatic rings. The number of carbonyl (C=O) groups is 1. The molecule has 19 heavy (non-hydrogen) atoms. The highest BCUT2D eigenvalue weighted by Crippen LogP contribution is 2.23. The van der Waals surface area contributed by atoms with Gasteiger partial charge >= 0.3 is 0 Å². The van der Waals surface area contributed by atoms with E-state index in [-0.39, 0.29) is 18.3 Å². The van der Waals surface area contributed by atoms with Crippen LogP contribution in [0.4, 0.5) is 0 Å². The molecule has 0 radical (unpaired) electrons. The largest absolute Gasteiger partial charge is 0.342 e. The summed E-state index contributed by atoms with van der Waals surface area (Å²) in [6.45, 7) is 4.92. The molecule has 1 saturated heterocycles. The molecule has 0 saturated carbocycles. The maximum absolute atomic E-state index is 12.0. The molecule has 1 fully saturated rings. The van der Waals surface area contributed by atoms with Crippen LogP contribution in [0.2, 0.25) is 0 Å². The number of nitrogens with zero attached hydrogens (tertiary/aromatic N) is 1. The van der Waals surface area contributed by atoms with Gasteiger partial charge in [0.25, 0.3) is 5.91 Å². The molecule has 0 bridgehead atoms. The van der Waals surface area contributed by atoms with E-state index in [0.29, 0.717) is 5.92 Å². The molecule has 0 spiro atoms. The van der Waals surface area contributed by atoms with Gasteiger partial charge in [0.2, 0.25) is 0 Å². The summed E-state index contributed by atoms with van der Waals surface area (Å²) in [5, 5.41) is 3.42. The van der Waals surface area contributed by atoms with Gasteiger partial charge in [0.1, 0.15) is 0 Å². The fourth-order valence-electron chi connectivity index (χ4n) is 2.40. The van der Waals surface area contributed by atoms with Crippen molar-refractivity contribution in [3.8, 4) is 0 Å². The van der Waals surface area contributed by atoms with Crippen LogP contribution in [0.1, 0.15) is 41.6 Å². The molecule has 3 nitrogen and oxygen atoms in total. The first kappa shape index (κ1) is 16.0. The van der Waals surface area contributed by atoms with E-state index in [0.717, 1.165) is 25.2 Å². The molecule has 1 atom stereocenters. The number of hydrogen-bond acceptors (Lipinski definition) is 2. The molecule has 1 aromatic carbocycles. The van der Waals surface area contributed by atoms with Crippen LogP contribution in [-0.2, 0) is 0 Å². The third-order valence-electron chi connectivity index (χ3n) is 3.75. The van der Waals surface area contributed by atoms with E-state index in [9.17, 15) is 4.79 Å². The minimum Gasteiger partial charge on any atom is -0.342 e. The molecule has 0 aromatic heterocycles. The number of amides is 1. The summed E-state index contributed by atoms with van der Waals surface area (Å²) in [6, 6.07) is 8.12. The predicted molar refractivity (Wildman–Crippen MR) is 81.2 cm³/mol. The minimum absolute atomic E-state index is 0. The van der Waals surface area contributed by atoms with Gasteiger partial charge in [-0.2, -0.15) is 0 Å². The maximum Gasteiger partial charge on any atom is 0.253 e. The van der Waals surface area contributed by atoms with Gasteiger partial charge in [0, 0.05) is 25.7 Å². The molecule has 1 aliphatic heterocycles. The Morgan fingerprint density at radius 1 is 1.37 bits per heavy atom. The average Bonchev–Trinajstić information content (AvgIpc) is 2.47. The number of carbonyl (C=O) groups excluding carboxylic acids is 1. The average molecular weight is 283 g/mol. The Labute approximate surface area is 121 Å². The van der Waals surface area contributed by atoms with Crippen LogP contribution in [0.3, 0.4) is 0 Å². The zero-order valence-corrected chi connectivity index (χ0v) is 12.5. The van der Waals surface area contributed by atoms with Crippen LogP contribution in [0, 0.1) is 0 Å². The second kappa shape index (κ2) is 7.51. The Hall–Kier alpha value is -1.06. The van der Waals surface area contributed by atoms with Crippen molar-refractivity contribution < 1.29 is 4.79 Å². The monoisotopic (exact) mass is 282 g/mol. The highest BCUT2D eigenvalue weighted by atomic mass is 35.5. The normalized spacial score (nSPS) is 18.5. The third kappa shape index (κ3) is 3.95. The minimum atomic E-state index is 0. The predicted octanol–water partition coefficient (Wildman–Crippen LogP) is 2.67. The quantitative estimate of drug-likeness (QED) is 0.924. The number of piperidine rings is 1. The lowest BCUT2D eigenvalue weighted by molar-refractivity contribution is 0.0802. The van der Waals surface area contributed by atoms with Crippen LogP contribution < -0.4 is 5.32 Å². The highest BCUT2D eigenvalue weighted by Gasteiger charge is 2.16. The van der Waals surface area contributed by atoms with Crippen molar-refractivity contribution >= 4 is 18.3 Å². The number of halogens is 1. The Bertz CT molecular complexity index is 399. The van der Waals surface area contributed by atoms with E-state index < -0.39 is 0 Å². The van der Waals surface area contributed by atoms with E-state index in [4.69, 9.17) is 0 Å². The van der Waals surface area contributed by atoms with Crippen LogP contribution in [0.5, 0.6) is 0 Å². The molecule has 1 aromatic rings. The Morgan fingerprint density at radius 3 is 2.58 bits per heavy atom. The molecule has 0 aliphatic carbocycles. The van der Waals surface area contributed by atoms with Crippen molar-refractivity contribution in [2.75, 3.05) is 26.7 Å². The molecule has 1 unspecified atom stereocenters. The summed E-state index contributed by atoms with van der Waals surface area (Å²) in [4.78, 5) is 13.7. The molecular weight excluding hydrogens is 260 g/mol. The summed E-state index contributed by atoms with van der Waals surface area (Å²) in [5.41, 5.74) is 2.13. The standard InChI is InChI=1S/C15H22N2O.ClH/c1-3-17(2)15(18)13-8-6-12(7-9-13)14-5-4-10-16-11-14;/h6-9,14,16H,3-5,10-11H2,1-2H3;1H. The fourth-order valence-corrected chi connectivity index (χ4v) is 2.40. The second-order valence-corrected chi connectivity index (χ2v) is 4.98. The smallest absolute Gasteiger partial charge is 0.253 e. The fraction of sp³-hybridized carbons (Fsp3) is 0.533. The van der Waals surface area contributed by atoms with Crippen LogP contribution in [0.25, 0.3) is 0 Å². The van der Waals surface area contributed by atoms with Crippen molar-refractivity contribution in [1.82, 2.24) is 10.2 Å². The van der Waals surface area contributed by atoms with Gasteiger partial charge in [0.15, 0.2) is 0 Å². The highest BCUT2D eigenvalue weighted by molar-refractivity contribution is 5.94. The molecule has 1 amide bonds. The Kier molecular flexibility index (Phi) is 6.32. The van der Waals surface area contributed by atoms with E-state index in [1.807, 2.05) is 26.1 Å². The Morgan fingerprint density at radius 2 is 2.05 bits per heavy atom. The van der Waals surface area contributed by atoms with E-state index in [2.05, 4.69) is 17.4 Å². The molecule has 4 heteroatoms. The van der Waals surface area contributed by atoms with Crippen molar-refractivity contribution in [1.29, 1.82) is 0 Å². The van der Waals surface area contributed by atoms with Crippen molar-refractivity contribution in [3.05, 3.63) is 35.4 Å². The Balaban J connectivity index is 0.00000180. The SMILES string of the molecule is CCN(C)C(=O)c1ccc(C2CCCNC2)cc1.Cl. The van der Waals surface area contributed by atoms with Crippen LogP contribution in [-0.4, -0.2) is 37.5 Å². The molecule has 2 rings (SSSR count). The summed E-state index contributed by atoms with van der Waals surface area (Å²) >= 11 is 0. The number of nitrogens with one attached hydrogen (secondary N) is 1. The van der Waals surface area contributed by atoms with Crippen LogP contribution in [0.15, 0.2) is 24.3 Å². The van der Waals surface area contributed by atoms with E-state index >= 15 is 0 Å². The topological polar surface area (TPSA) is 32.3 Å². The zero-order chi connectivity index (χ0) is 13.0. The first-order valence-corrected chi connectivity index (χ1v) is 6.78. The van der Waals surface area contributed by atoms with Crippen molar-refractivity contribution in [2.45, 2.75) is 25.7 Å². The second-order valence-electron chi connectivity index (χ2n) is 4.98. The molecule has 1 N–H and O–H groups in total. The van der Waals surface area contributed by atoms with Crippen molar-refractivity contribution in [3.63, 3.8) is 0 Å². The van der Waals surface area contributed by atoms with E-state index in [1.165, 1.54) is 18.4 Å². The van der Waals surface area contributed by atoms with E-state index in [1.54, 1.807) is 4.90 Å². The zero-order valence-electron chi connectivity index (χ0n) is 11.7. The van der Waals surface area contributed by atoms with Gasteiger partial charge < -0.3 is 10.2 Å². The van der Waals surface area contributed by atoms with Gasteiger partial charge in [-0.05, 0) is 49.9 Å². The summed E-state index contributed by atoms with van der Waals surface area (Å²) < 4.78 is 0. The number of hydrogen-bond donors (Lipinski definition) is 1. The molecule has 106 valence electrons. The lowest BCUT2D eigenvalue weighted by Gasteiger charge is -2.23. The first-order chi connectivity index (χ1) is 8.72. The molecule has 1 heterocycles. The maximum atomic E-state index is 12.0. The third-order valence-corrected chi connectivity index (χ3v) is 3.75. The lowest BCUT2D eigenvalue weighted by atomic mass is 9.91. The van der Waals surface area contributed by atoms with Gasteiger partial charge in [-0.1, -0.05) is 12.1 Å². The molecular formula is C15H23ClN2O. The van der Waals surface area contributed by atoms with Gasteiger partial charge in [-0.25, -0.2) is 0 Å². The first-order valence-electron chi connectivity index (χ1n) is 6.78. The summed E-state index contributed by atoms with van der Waals surface area (Å²) in [7, 11) is 1.83. The van der Waals surface area contributed by atoms with Crippen molar-refractivity contribution in [2.24, 2.45) is 0 Å². The number of benzene rings is 1. The van der Waals surface area contributed by atoms with Gasteiger partial charge in [-0.3, -0.25) is 4.79 Å². The van der Waals surface area contributed by atoms with Gasteiger partial charge in [-0.15, -0.1) is 12.4 Å². The number of rotatable bonds is 3. The van der Waals surface area contributed by atoms with Crippen LogP contribution >= 0.6 is 12.4 Å². The van der Waals surface area contributed by atoms with Gasteiger partial charge in [0.05, 0.1) is 0 Å². The lowest BCUT2D eigenvalue weighted by Crippen LogP contribution is -2.28. The summed E-state index contributed by atoms with van der Waals surface area (Å²) in [5.74, 6) is 0.706. The summed E-state index contributed by atoms with van der Waals surface area (Å²) in [6.07, 6.45) is 2.49.